The lowest BCUT2D eigenvalue weighted by Gasteiger charge is -2.43. The van der Waals surface area contributed by atoms with Gasteiger partial charge < -0.3 is 20.1 Å². The number of aryl methyl sites for hydroxylation is 2. The number of carboxylic acid groups (broad SMARTS) is 1. The highest BCUT2D eigenvalue weighted by atomic mass is 16.4. The SMILES string of the molecule is Cc1nc(C)c(CC(=O)N2CC[C@](Cc3ccccc3)(C(=O)O)[C@H](O)C2)c(=O)[nH]1. The highest BCUT2D eigenvalue weighted by Gasteiger charge is 2.49. The van der Waals surface area contributed by atoms with E-state index in [1.807, 2.05) is 30.3 Å². The molecule has 1 saturated heterocycles. The number of aliphatic carboxylic acids is 1. The number of β-amino-alcohol motifs (C(OH)–C–C–N with tert-alkyl or cyclic N) is 1. The standard InChI is InChI=1S/C21H25N3O5/c1-13-16(19(27)23-14(2)22-13)10-18(26)24-9-8-21(20(28)29,17(25)12-24)11-15-6-4-3-5-7-15/h3-7,17,25H,8-12H2,1-2H3,(H,28,29)(H,22,23,27)/t17-,21-/m1/s1. The molecule has 1 aliphatic heterocycles. The molecule has 1 aliphatic rings. The maximum atomic E-state index is 12.7. The van der Waals surface area contributed by atoms with Crippen LogP contribution in [0.4, 0.5) is 0 Å². The molecule has 1 aromatic heterocycles. The summed E-state index contributed by atoms with van der Waals surface area (Å²) in [5.74, 6) is -0.928. The largest absolute Gasteiger partial charge is 0.481 e. The minimum atomic E-state index is -1.35. The molecule has 1 amide bonds. The Morgan fingerprint density at radius 1 is 1.28 bits per heavy atom. The van der Waals surface area contributed by atoms with Crippen LogP contribution in [0.2, 0.25) is 0 Å². The second kappa shape index (κ2) is 8.16. The lowest BCUT2D eigenvalue weighted by Crippen LogP contribution is -2.57. The molecule has 0 radical (unpaired) electrons. The number of likely N-dealkylation sites (tertiary alicyclic amines) is 1. The monoisotopic (exact) mass is 399 g/mol. The number of hydrogen-bond acceptors (Lipinski definition) is 5. The van der Waals surface area contributed by atoms with Crippen LogP contribution in [0.5, 0.6) is 0 Å². The van der Waals surface area contributed by atoms with Gasteiger partial charge in [0.25, 0.3) is 5.56 Å². The average Bonchev–Trinajstić information content (AvgIpc) is 2.66. The van der Waals surface area contributed by atoms with Gasteiger partial charge in [0.05, 0.1) is 12.5 Å². The van der Waals surface area contributed by atoms with E-state index in [1.54, 1.807) is 13.8 Å². The average molecular weight is 399 g/mol. The Hall–Kier alpha value is -3.00. The number of aliphatic hydroxyl groups excluding tert-OH is 1. The van der Waals surface area contributed by atoms with Crippen molar-refractivity contribution in [3.63, 3.8) is 0 Å². The van der Waals surface area contributed by atoms with Gasteiger partial charge in [-0.15, -0.1) is 0 Å². The second-order valence-corrected chi connectivity index (χ2v) is 7.62. The summed E-state index contributed by atoms with van der Waals surface area (Å²) in [6.45, 7) is 3.45. The van der Waals surface area contributed by atoms with Crippen molar-refractivity contribution in [2.45, 2.75) is 39.2 Å². The number of H-pyrrole nitrogens is 1. The van der Waals surface area contributed by atoms with Gasteiger partial charge in [-0.05, 0) is 32.3 Å². The van der Waals surface area contributed by atoms with Crippen molar-refractivity contribution < 1.29 is 19.8 Å². The highest BCUT2D eigenvalue weighted by Crippen LogP contribution is 2.36. The molecular formula is C21H25N3O5. The molecule has 0 bridgehead atoms. The molecule has 154 valence electrons. The summed E-state index contributed by atoms with van der Waals surface area (Å²) in [6.07, 6.45) is -1.04. The number of amides is 1. The number of carbonyl (C=O) groups excluding carboxylic acids is 1. The fourth-order valence-corrected chi connectivity index (χ4v) is 3.92. The number of aromatic amines is 1. The number of nitrogens with one attached hydrogen (secondary N) is 1. The van der Waals surface area contributed by atoms with Crippen LogP contribution in [0.3, 0.4) is 0 Å². The van der Waals surface area contributed by atoms with Gasteiger partial charge in [0, 0.05) is 24.3 Å². The maximum Gasteiger partial charge on any atom is 0.312 e. The fraction of sp³-hybridized carbons (Fsp3) is 0.429. The topological polar surface area (TPSA) is 124 Å². The number of aromatic nitrogens is 2. The Balaban J connectivity index is 1.75. The number of benzene rings is 1. The quantitative estimate of drug-likeness (QED) is 0.684. The van der Waals surface area contributed by atoms with Crippen LogP contribution in [0.25, 0.3) is 0 Å². The molecule has 2 heterocycles. The van der Waals surface area contributed by atoms with Crippen LogP contribution < -0.4 is 5.56 Å². The predicted octanol–water partition coefficient (Wildman–Crippen LogP) is 0.836. The summed E-state index contributed by atoms with van der Waals surface area (Å²) in [4.78, 5) is 45.1. The van der Waals surface area contributed by atoms with E-state index in [0.717, 1.165) is 5.56 Å². The van der Waals surface area contributed by atoms with Crippen LogP contribution in [0.15, 0.2) is 35.1 Å². The van der Waals surface area contributed by atoms with Crippen LogP contribution in [0.1, 0.15) is 29.1 Å². The molecule has 0 spiro atoms. The fourth-order valence-electron chi connectivity index (χ4n) is 3.92. The smallest absolute Gasteiger partial charge is 0.312 e. The molecule has 2 atom stereocenters. The lowest BCUT2D eigenvalue weighted by molar-refractivity contribution is -0.165. The summed E-state index contributed by atoms with van der Waals surface area (Å²) in [5.41, 5.74) is -0.112. The van der Waals surface area contributed by atoms with Gasteiger partial charge in [-0.3, -0.25) is 14.4 Å². The Morgan fingerprint density at radius 2 is 1.97 bits per heavy atom. The van der Waals surface area contributed by atoms with Crippen molar-refractivity contribution in [1.29, 1.82) is 0 Å². The molecule has 8 nitrogen and oxygen atoms in total. The zero-order chi connectivity index (χ0) is 21.2. The van der Waals surface area contributed by atoms with E-state index < -0.39 is 17.5 Å². The molecule has 2 aromatic rings. The molecular weight excluding hydrogens is 374 g/mol. The van der Waals surface area contributed by atoms with Gasteiger partial charge in [-0.1, -0.05) is 30.3 Å². The van der Waals surface area contributed by atoms with Crippen molar-refractivity contribution in [2.75, 3.05) is 13.1 Å². The molecule has 0 aliphatic carbocycles. The number of hydrogen-bond donors (Lipinski definition) is 3. The van der Waals surface area contributed by atoms with Gasteiger partial charge in [0.2, 0.25) is 5.91 Å². The number of piperidine rings is 1. The van der Waals surface area contributed by atoms with E-state index >= 15 is 0 Å². The first-order valence-electron chi connectivity index (χ1n) is 9.52. The third kappa shape index (κ3) is 4.22. The molecule has 0 unspecified atom stereocenters. The Morgan fingerprint density at radius 3 is 2.55 bits per heavy atom. The van der Waals surface area contributed by atoms with E-state index in [2.05, 4.69) is 9.97 Å². The van der Waals surface area contributed by atoms with Crippen LogP contribution in [-0.2, 0) is 22.4 Å². The summed E-state index contributed by atoms with van der Waals surface area (Å²) in [6, 6.07) is 9.15. The minimum absolute atomic E-state index is 0.0891. The van der Waals surface area contributed by atoms with E-state index in [-0.39, 0.29) is 49.4 Å². The Labute approximate surface area is 168 Å². The third-order valence-corrected chi connectivity index (χ3v) is 5.67. The molecule has 3 N–H and O–H groups in total. The number of aliphatic hydroxyl groups is 1. The van der Waals surface area contributed by atoms with Crippen LogP contribution >= 0.6 is 0 Å². The van der Waals surface area contributed by atoms with Crippen molar-refractivity contribution in [2.24, 2.45) is 5.41 Å². The maximum absolute atomic E-state index is 12.7. The molecule has 3 rings (SSSR count). The Kier molecular flexibility index (Phi) is 5.83. The summed E-state index contributed by atoms with van der Waals surface area (Å²) < 4.78 is 0. The minimum Gasteiger partial charge on any atom is -0.481 e. The van der Waals surface area contributed by atoms with E-state index in [1.165, 1.54) is 4.90 Å². The highest BCUT2D eigenvalue weighted by molar-refractivity contribution is 5.80. The van der Waals surface area contributed by atoms with Crippen molar-refractivity contribution in [3.8, 4) is 0 Å². The number of carboxylic acids is 1. The molecule has 1 fully saturated rings. The van der Waals surface area contributed by atoms with Crippen molar-refractivity contribution in [1.82, 2.24) is 14.9 Å². The normalized spacial score (nSPS) is 21.8. The van der Waals surface area contributed by atoms with Gasteiger partial charge in [0.1, 0.15) is 11.2 Å². The zero-order valence-corrected chi connectivity index (χ0v) is 16.5. The summed E-state index contributed by atoms with van der Waals surface area (Å²) in [7, 11) is 0. The van der Waals surface area contributed by atoms with Crippen molar-refractivity contribution in [3.05, 3.63) is 63.3 Å². The van der Waals surface area contributed by atoms with Gasteiger partial charge in [-0.25, -0.2) is 4.98 Å². The van der Waals surface area contributed by atoms with Gasteiger partial charge in [0.15, 0.2) is 0 Å². The first kappa shape index (κ1) is 20.7. The molecule has 29 heavy (non-hydrogen) atoms. The summed E-state index contributed by atoms with van der Waals surface area (Å²) in [5, 5.41) is 20.6. The van der Waals surface area contributed by atoms with E-state index in [4.69, 9.17) is 0 Å². The Bertz CT molecular complexity index is 972. The van der Waals surface area contributed by atoms with Crippen molar-refractivity contribution >= 4 is 11.9 Å². The van der Waals surface area contributed by atoms with Crippen LogP contribution in [-0.4, -0.2) is 56.2 Å². The first-order chi connectivity index (χ1) is 13.7. The zero-order valence-electron chi connectivity index (χ0n) is 16.5. The summed E-state index contributed by atoms with van der Waals surface area (Å²) >= 11 is 0. The third-order valence-electron chi connectivity index (χ3n) is 5.67. The van der Waals surface area contributed by atoms with Crippen LogP contribution in [0, 0.1) is 19.3 Å². The molecule has 0 saturated carbocycles. The molecule has 8 heteroatoms. The molecule has 1 aromatic carbocycles. The lowest BCUT2D eigenvalue weighted by atomic mass is 9.71. The number of carbonyl (C=O) groups is 2. The van der Waals surface area contributed by atoms with Gasteiger partial charge >= 0.3 is 5.97 Å². The number of rotatable bonds is 5. The number of nitrogens with zero attached hydrogens (tertiary/aromatic N) is 2. The first-order valence-corrected chi connectivity index (χ1v) is 9.52. The van der Waals surface area contributed by atoms with E-state index in [0.29, 0.717) is 11.5 Å². The second-order valence-electron chi connectivity index (χ2n) is 7.62. The predicted molar refractivity (Wildman–Crippen MR) is 105 cm³/mol. The van der Waals surface area contributed by atoms with Gasteiger partial charge in [-0.2, -0.15) is 0 Å². The van der Waals surface area contributed by atoms with E-state index in [9.17, 15) is 24.6 Å².